The summed E-state index contributed by atoms with van der Waals surface area (Å²) in [4.78, 5) is 13.6. The van der Waals surface area contributed by atoms with Crippen LogP contribution in [0.5, 0.6) is 17.2 Å². The van der Waals surface area contributed by atoms with Crippen LogP contribution < -0.4 is 24.8 Å². The molecule has 0 saturated carbocycles. The molecule has 4 aromatic rings. The number of anilines is 2. The molecule has 170 valence electrons. The normalized spacial score (nSPS) is 10.6. The molecule has 0 aliphatic heterocycles. The summed E-state index contributed by atoms with van der Waals surface area (Å²) < 4.78 is 16.2. The van der Waals surface area contributed by atoms with Gasteiger partial charge in [0.1, 0.15) is 11.6 Å². The SMILES string of the molecule is COc1ccc(CCNc2nc(NCc3cccnc3)nc3cc(OC)c(OC)cc23)cc1. The van der Waals surface area contributed by atoms with Crippen molar-refractivity contribution in [2.24, 2.45) is 0 Å². The Balaban J connectivity index is 1.59. The number of methoxy groups -OCH3 is 3. The van der Waals surface area contributed by atoms with Crippen molar-refractivity contribution in [3.05, 3.63) is 72.1 Å². The molecule has 33 heavy (non-hydrogen) atoms. The lowest BCUT2D eigenvalue weighted by Crippen LogP contribution is -2.10. The number of hydrogen-bond donors (Lipinski definition) is 2. The highest BCUT2D eigenvalue weighted by Gasteiger charge is 2.13. The number of rotatable bonds is 10. The first kappa shape index (κ1) is 22.1. The van der Waals surface area contributed by atoms with E-state index in [9.17, 15) is 0 Å². The molecule has 0 unspecified atom stereocenters. The maximum absolute atomic E-state index is 5.49. The van der Waals surface area contributed by atoms with Gasteiger partial charge in [0.05, 0.1) is 26.8 Å². The Kier molecular flexibility index (Phi) is 7.04. The van der Waals surface area contributed by atoms with Crippen LogP contribution in [-0.2, 0) is 13.0 Å². The Bertz CT molecular complexity index is 1200. The van der Waals surface area contributed by atoms with Crippen molar-refractivity contribution in [2.45, 2.75) is 13.0 Å². The first-order valence-corrected chi connectivity index (χ1v) is 10.6. The molecular weight excluding hydrogens is 418 g/mol. The van der Waals surface area contributed by atoms with Gasteiger partial charge >= 0.3 is 0 Å². The van der Waals surface area contributed by atoms with E-state index < -0.39 is 0 Å². The van der Waals surface area contributed by atoms with Gasteiger partial charge in [-0.2, -0.15) is 4.98 Å². The van der Waals surface area contributed by atoms with Crippen LogP contribution in [0.15, 0.2) is 60.9 Å². The van der Waals surface area contributed by atoms with Crippen LogP contribution in [-0.4, -0.2) is 42.8 Å². The zero-order valence-corrected chi connectivity index (χ0v) is 19.0. The molecule has 0 amide bonds. The quantitative estimate of drug-likeness (QED) is 0.373. The van der Waals surface area contributed by atoms with Crippen LogP contribution in [0, 0.1) is 0 Å². The van der Waals surface area contributed by atoms with Crippen LogP contribution in [0.2, 0.25) is 0 Å². The van der Waals surface area contributed by atoms with Gasteiger partial charge in [0, 0.05) is 36.9 Å². The standard InChI is InChI=1S/C25H27N5O3/c1-31-19-8-6-17(7-9-19)10-12-27-24-20-13-22(32-2)23(33-3)14-21(20)29-25(30-24)28-16-18-5-4-11-26-15-18/h4-9,11,13-15H,10,12,16H2,1-3H3,(H2,27,28,29,30). The highest BCUT2D eigenvalue weighted by Crippen LogP contribution is 2.34. The highest BCUT2D eigenvalue weighted by molar-refractivity contribution is 5.92. The van der Waals surface area contributed by atoms with E-state index >= 15 is 0 Å². The van der Waals surface area contributed by atoms with Gasteiger partial charge in [-0.15, -0.1) is 0 Å². The zero-order valence-electron chi connectivity index (χ0n) is 19.0. The highest BCUT2D eigenvalue weighted by atomic mass is 16.5. The van der Waals surface area contributed by atoms with Crippen molar-refractivity contribution in [3.63, 3.8) is 0 Å². The molecule has 8 heteroatoms. The lowest BCUT2D eigenvalue weighted by molar-refractivity contribution is 0.356. The van der Waals surface area contributed by atoms with Crippen LogP contribution in [0.3, 0.4) is 0 Å². The number of ether oxygens (including phenoxy) is 3. The monoisotopic (exact) mass is 445 g/mol. The predicted octanol–water partition coefficient (Wildman–Crippen LogP) is 4.32. The number of hydrogen-bond acceptors (Lipinski definition) is 8. The Morgan fingerprint density at radius 1 is 0.818 bits per heavy atom. The second-order valence-corrected chi connectivity index (χ2v) is 7.36. The van der Waals surface area contributed by atoms with Gasteiger partial charge in [-0.05, 0) is 41.8 Å². The second-order valence-electron chi connectivity index (χ2n) is 7.36. The van der Waals surface area contributed by atoms with E-state index in [0.29, 0.717) is 30.5 Å². The van der Waals surface area contributed by atoms with Gasteiger partial charge in [-0.25, -0.2) is 4.98 Å². The minimum absolute atomic E-state index is 0.519. The summed E-state index contributed by atoms with van der Waals surface area (Å²) in [5.74, 6) is 3.33. The number of nitrogens with one attached hydrogen (secondary N) is 2. The Morgan fingerprint density at radius 3 is 2.30 bits per heavy atom. The van der Waals surface area contributed by atoms with Gasteiger partial charge in [-0.1, -0.05) is 18.2 Å². The molecule has 2 aromatic carbocycles. The molecule has 0 aliphatic rings. The van der Waals surface area contributed by atoms with Gasteiger partial charge in [0.2, 0.25) is 5.95 Å². The third-order valence-electron chi connectivity index (χ3n) is 5.24. The van der Waals surface area contributed by atoms with Crippen LogP contribution >= 0.6 is 0 Å². The molecule has 0 aliphatic carbocycles. The van der Waals surface area contributed by atoms with E-state index in [0.717, 1.165) is 34.5 Å². The van der Waals surface area contributed by atoms with E-state index in [1.54, 1.807) is 27.5 Å². The van der Waals surface area contributed by atoms with Crippen LogP contribution in [0.4, 0.5) is 11.8 Å². The fourth-order valence-electron chi connectivity index (χ4n) is 3.47. The number of nitrogens with zero attached hydrogens (tertiary/aromatic N) is 3. The number of pyridine rings is 1. The molecule has 0 fully saturated rings. The van der Waals surface area contributed by atoms with E-state index in [1.165, 1.54) is 5.56 Å². The zero-order chi connectivity index (χ0) is 23.0. The smallest absolute Gasteiger partial charge is 0.225 e. The molecule has 2 N–H and O–H groups in total. The van der Waals surface area contributed by atoms with Crippen molar-refractivity contribution < 1.29 is 14.2 Å². The summed E-state index contributed by atoms with van der Waals surface area (Å²) in [5, 5.41) is 7.61. The fourth-order valence-corrected chi connectivity index (χ4v) is 3.47. The molecule has 0 atom stereocenters. The van der Waals surface area contributed by atoms with E-state index in [2.05, 4.69) is 32.7 Å². The first-order chi connectivity index (χ1) is 16.2. The average molecular weight is 446 g/mol. The Hall–Kier alpha value is -4.07. The fraction of sp³-hybridized carbons (Fsp3) is 0.240. The van der Waals surface area contributed by atoms with Gasteiger partial charge in [0.15, 0.2) is 11.5 Å². The maximum Gasteiger partial charge on any atom is 0.225 e. The molecule has 2 heterocycles. The Labute approximate surface area is 193 Å². The molecule has 0 spiro atoms. The van der Waals surface area contributed by atoms with E-state index in [1.807, 2.05) is 42.6 Å². The lowest BCUT2D eigenvalue weighted by Gasteiger charge is -2.14. The predicted molar refractivity (Wildman–Crippen MR) is 129 cm³/mol. The second kappa shape index (κ2) is 10.5. The summed E-state index contributed by atoms with van der Waals surface area (Å²) in [6, 6.07) is 15.7. The molecule has 2 aromatic heterocycles. The third-order valence-corrected chi connectivity index (χ3v) is 5.24. The first-order valence-electron chi connectivity index (χ1n) is 10.6. The summed E-state index contributed by atoms with van der Waals surface area (Å²) in [7, 11) is 4.89. The molecular formula is C25H27N5O3. The summed E-state index contributed by atoms with van der Waals surface area (Å²) in [5.41, 5.74) is 3.00. The van der Waals surface area contributed by atoms with Crippen molar-refractivity contribution in [1.29, 1.82) is 0 Å². The van der Waals surface area contributed by atoms with E-state index in [4.69, 9.17) is 19.2 Å². The molecule has 4 rings (SSSR count). The van der Waals surface area contributed by atoms with Gasteiger partial charge in [-0.3, -0.25) is 4.98 Å². The topological polar surface area (TPSA) is 90.4 Å². The number of fused-ring (bicyclic) bond motifs is 1. The number of benzene rings is 2. The lowest BCUT2D eigenvalue weighted by atomic mass is 10.1. The number of aromatic nitrogens is 3. The van der Waals surface area contributed by atoms with E-state index in [-0.39, 0.29) is 0 Å². The largest absolute Gasteiger partial charge is 0.497 e. The van der Waals surface area contributed by atoms with Gasteiger partial charge in [0.25, 0.3) is 0 Å². The maximum atomic E-state index is 5.49. The summed E-state index contributed by atoms with van der Waals surface area (Å²) >= 11 is 0. The molecule has 8 nitrogen and oxygen atoms in total. The summed E-state index contributed by atoms with van der Waals surface area (Å²) in [6.07, 6.45) is 4.40. The van der Waals surface area contributed by atoms with Gasteiger partial charge < -0.3 is 24.8 Å². The molecule has 0 radical (unpaired) electrons. The van der Waals surface area contributed by atoms with Crippen molar-refractivity contribution >= 4 is 22.7 Å². The minimum atomic E-state index is 0.519. The van der Waals surface area contributed by atoms with Crippen LogP contribution in [0.25, 0.3) is 10.9 Å². The van der Waals surface area contributed by atoms with Crippen molar-refractivity contribution in [2.75, 3.05) is 38.5 Å². The average Bonchev–Trinajstić information content (AvgIpc) is 2.87. The summed E-state index contributed by atoms with van der Waals surface area (Å²) in [6.45, 7) is 1.27. The minimum Gasteiger partial charge on any atom is -0.497 e. The van der Waals surface area contributed by atoms with Crippen molar-refractivity contribution in [3.8, 4) is 17.2 Å². The third kappa shape index (κ3) is 5.41. The van der Waals surface area contributed by atoms with Crippen molar-refractivity contribution in [1.82, 2.24) is 15.0 Å². The Morgan fingerprint density at radius 2 is 1.61 bits per heavy atom. The van der Waals surface area contributed by atoms with Crippen LogP contribution in [0.1, 0.15) is 11.1 Å². The molecule has 0 bridgehead atoms. The molecule has 0 saturated heterocycles.